The SMILES string of the molecule is C=CCCOC(=O)[C@H]1[C@H]2C(=O)N(CCCCCO)C(C(=O)N(CC=C)c3ccc(OC)cc3)C23CC(C)[C@]1(C)O3. The van der Waals surface area contributed by atoms with E-state index in [9.17, 15) is 19.5 Å². The number of esters is 1. The van der Waals surface area contributed by atoms with Gasteiger partial charge in [0.05, 0.1) is 25.2 Å². The van der Waals surface area contributed by atoms with Gasteiger partial charge in [0.25, 0.3) is 5.91 Å². The molecule has 218 valence electrons. The standard InChI is InChI=1S/C31H42N2O7/c1-6-8-19-39-29(37)25-24-27(35)33(17-10-9-11-18-34)26(31(24)20-21(3)30(25,4)40-31)28(36)32(16-7-2)22-12-14-23(38-5)15-13-22/h6-7,12-15,21,24-26,34H,1-2,8-11,16-20H2,3-5H3/t21?,24-,25+,26?,30-,31?/m0/s1. The van der Waals surface area contributed by atoms with Gasteiger partial charge in [-0.1, -0.05) is 19.1 Å². The predicted octanol–water partition coefficient (Wildman–Crippen LogP) is 3.51. The lowest BCUT2D eigenvalue weighted by Gasteiger charge is -2.37. The summed E-state index contributed by atoms with van der Waals surface area (Å²) in [6.07, 6.45) is 6.23. The highest BCUT2D eigenvalue weighted by Gasteiger charge is 2.80. The Morgan fingerprint density at radius 1 is 1.20 bits per heavy atom. The highest BCUT2D eigenvalue weighted by Crippen LogP contribution is 2.65. The smallest absolute Gasteiger partial charge is 0.312 e. The molecule has 9 nitrogen and oxygen atoms in total. The number of amides is 2. The molecule has 0 aromatic heterocycles. The minimum atomic E-state index is -1.16. The van der Waals surface area contributed by atoms with E-state index in [4.69, 9.17) is 14.2 Å². The fourth-order valence-electron chi connectivity index (χ4n) is 6.88. The van der Waals surface area contributed by atoms with E-state index in [0.717, 1.165) is 0 Å². The monoisotopic (exact) mass is 554 g/mol. The van der Waals surface area contributed by atoms with Crippen LogP contribution < -0.4 is 9.64 Å². The van der Waals surface area contributed by atoms with Gasteiger partial charge in [-0.3, -0.25) is 14.4 Å². The molecule has 0 radical (unpaired) electrons. The Morgan fingerprint density at radius 3 is 2.55 bits per heavy atom. The molecule has 9 heteroatoms. The van der Waals surface area contributed by atoms with Crippen LogP contribution >= 0.6 is 0 Å². The van der Waals surface area contributed by atoms with Gasteiger partial charge < -0.3 is 29.1 Å². The van der Waals surface area contributed by atoms with Gasteiger partial charge in [-0.25, -0.2) is 0 Å². The van der Waals surface area contributed by atoms with Crippen molar-refractivity contribution in [3.8, 4) is 5.75 Å². The largest absolute Gasteiger partial charge is 0.497 e. The van der Waals surface area contributed by atoms with Crippen LogP contribution in [0.5, 0.6) is 5.75 Å². The number of methoxy groups -OCH3 is 1. The second kappa shape index (κ2) is 12.1. The Balaban J connectivity index is 1.75. The van der Waals surface area contributed by atoms with Crippen LogP contribution in [-0.4, -0.2) is 78.4 Å². The number of likely N-dealkylation sites (tertiary alicyclic amines) is 1. The lowest BCUT2D eigenvalue weighted by atomic mass is 9.62. The topological polar surface area (TPSA) is 106 Å². The van der Waals surface area contributed by atoms with E-state index in [-0.39, 0.29) is 37.5 Å². The number of aliphatic hydroxyl groups is 1. The van der Waals surface area contributed by atoms with Crippen LogP contribution in [0.4, 0.5) is 5.69 Å². The number of ether oxygens (including phenoxy) is 3. The van der Waals surface area contributed by atoms with E-state index >= 15 is 0 Å². The highest BCUT2D eigenvalue weighted by atomic mass is 16.6. The first kappa shape index (κ1) is 29.8. The normalized spacial score (nSPS) is 30.2. The third kappa shape index (κ3) is 4.94. The molecule has 6 atom stereocenters. The number of fused-ring (bicyclic) bond motifs is 1. The number of carbonyl (C=O) groups is 3. The van der Waals surface area contributed by atoms with Crippen molar-refractivity contribution in [3.63, 3.8) is 0 Å². The fraction of sp³-hybridized carbons (Fsp3) is 0.581. The molecular formula is C31H42N2O7. The molecular weight excluding hydrogens is 512 g/mol. The van der Waals surface area contributed by atoms with Crippen molar-refractivity contribution in [1.29, 1.82) is 0 Å². The second-order valence-electron chi connectivity index (χ2n) is 11.2. The summed E-state index contributed by atoms with van der Waals surface area (Å²) in [4.78, 5) is 45.5. The van der Waals surface area contributed by atoms with Crippen LogP contribution in [0.15, 0.2) is 49.6 Å². The summed E-state index contributed by atoms with van der Waals surface area (Å²) in [5.74, 6) is -2.06. The van der Waals surface area contributed by atoms with Crippen molar-refractivity contribution in [2.24, 2.45) is 17.8 Å². The third-order valence-corrected chi connectivity index (χ3v) is 8.89. The first-order valence-electron chi connectivity index (χ1n) is 14.2. The number of nitrogens with zero attached hydrogens (tertiary/aromatic N) is 2. The van der Waals surface area contributed by atoms with Gasteiger partial charge in [-0.05, 0) is 69.2 Å². The zero-order valence-electron chi connectivity index (χ0n) is 23.8. The summed E-state index contributed by atoms with van der Waals surface area (Å²) in [5.41, 5.74) is -1.45. The Hall–Kier alpha value is -3.17. The summed E-state index contributed by atoms with van der Waals surface area (Å²) in [5, 5.41) is 9.27. The van der Waals surface area contributed by atoms with Gasteiger partial charge in [-0.2, -0.15) is 0 Å². The van der Waals surface area contributed by atoms with E-state index < -0.39 is 35.0 Å². The molecule has 1 N–H and O–H groups in total. The molecule has 0 saturated carbocycles. The van der Waals surface area contributed by atoms with Crippen LogP contribution in [0.1, 0.15) is 46.0 Å². The first-order chi connectivity index (χ1) is 19.2. The Morgan fingerprint density at radius 2 is 1.93 bits per heavy atom. The van der Waals surface area contributed by atoms with Gasteiger partial charge in [0.15, 0.2) is 0 Å². The van der Waals surface area contributed by atoms with E-state index in [0.29, 0.717) is 50.1 Å². The summed E-state index contributed by atoms with van der Waals surface area (Å²) in [6.45, 7) is 12.2. The van der Waals surface area contributed by atoms with Gasteiger partial charge in [0.1, 0.15) is 23.3 Å². The molecule has 1 aromatic rings. The van der Waals surface area contributed by atoms with Crippen LogP contribution in [0.2, 0.25) is 0 Å². The number of carbonyl (C=O) groups excluding carboxylic acids is 3. The summed E-state index contributed by atoms with van der Waals surface area (Å²) in [6, 6.07) is 6.24. The number of unbranched alkanes of at least 4 members (excludes halogenated alkanes) is 2. The van der Waals surface area contributed by atoms with Crippen LogP contribution in [-0.2, 0) is 23.9 Å². The molecule has 3 unspecified atom stereocenters. The molecule has 40 heavy (non-hydrogen) atoms. The lowest BCUT2D eigenvalue weighted by Crippen LogP contribution is -2.57. The fourth-order valence-corrected chi connectivity index (χ4v) is 6.88. The number of rotatable bonds is 14. The number of hydrogen-bond acceptors (Lipinski definition) is 7. The molecule has 3 saturated heterocycles. The number of anilines is 1. The first-order valence-corrected chi connectivity index (χ1v) is 14.2. The summed E-state index contributed by atoms with van der Waals surface area (Å²) >= 11 is 0. The minimum absolute atomic E-state index is 0.0606. The molecule has 2 bridgehead atoms. The minimum Gasteiger partial charge on any atom is -0.497 e. The van der Waals surface area contributed by atoms with Crippen molar-refractivity contribution in [1.82, 2.24) is 4.90 Å². The van der Waals surface area contributed by atoms with Crippen LogP contribution in [0.3, 0.4) is 0 Å². The van der Waals surface area contributed by atoms with Gasteiger partial charge in [0.2, 0.25) is 5.91 Å². The molecule has 4 rings (SSSR count). The Labute approximate surface area is 236 Å². The lowest BCUT2D eigenvalue weighted by molar-refractivity contribution is -0.161. The maximum Gasteiger partial charge on any atom is 0.312 e. The third-order valence-electron chi connectivity index (χ3n) is 8.89. The maximum atomic E-state index is 14.6. The van der Waals surface area contributed by atoms with E-state index in [1.807, 2.05) is 13.8 Å². The summed E-state index contributed by atoms with van der Waals surface area (Å²) in [7, 11) is 1.58. The molecule has 3 heterocycles. The molecule has 3 aliphatic rings. The quantitative estimate of drug-likeness (QED) is 0.213. The summed E-state index contributed by atoms with van der Waals surface area (Å²) < 4.78 is 17.7. The Kier molecular flexibility index (Phi) is 9.05. The van der Waals surface area contributed by atoms with E-state index in [2.05, 4.69) is 13.2 Å². The average Bonchev–Trinajstić information content (AvgIpc) is 3.46. The zero-order valence-corrected chi connectivity index (χ0v) is 23.8. The van der Waals surface area contributed by atoms with E-state index in [1.165, 1.54) is 0 Å². The van der Waals surface area contributed by atoms with Gasteiger partial charge >= 0.3 is 5.97 Å². The van der Waals surface area contributed by atoms with Crippen molar-refractivity contribution in [2.75, 3.05) is 38.3 Å². The number of hydrogen-bond donors (Lipinski definition) is 1. The second-order valence-corrected chi connectivity index (χ2v) is 11.2. The van der Waals surface area contributed by atoms with Crippen molar-refractivity contribution in [2.45, 2.75) is 63.2 Å². The van der Waals surface area contributed by atoms with Crippen molar-refractivity contribution < 1.29 is 33.7 Å². The molecule has 1 spiro atoms. The number of aliphatic hydroxyl groups excluding tert-OH is 1. The van der Waals surface area contributed by atoms with E-state index in [1.54, 1.807) is 53.3 Å². The molecule has 1 aromatic carbocycles. The predicted molar refractivity (Wildman–Crippen MR) is 151 cm³/mol. The number of benzene rings is 1. The zero-order chi connectivity index (χ0) is 29.1. The van der Waals surface area contributed by atoms with Crippen LogP contribution in [0.25, 0.3) is 0 Å². The van der Waals surface area contributed by atoms with Crippen molar-refractivity contribution in [3.05, 3.63) is 49.6 Å². The molecule has 2 amide bonds. The van der Waals surface area contributed by atoms with Gasteiger partial charge in [-0.15, -0.1) is 13.2 Å². The van der Waals surface area contributed by atoms with Crippen molar-refractivity contribution >= 4 is 23.5 Å². The molecule has 3 aliphatic heterocycles. The molecule has 3 fully saturated rings. The molecule has 0 aliphatic carbocycles. The van der Waals surface area contributed by atoms with Gasteiger partial charge in [0, 0.05) is 25.4 Å². The average molecular weight is 555 g/mol. The van der Waals surface area contributed by atoms with Crippen LogP contribution in [0, 0.1) is 17.8 Å². The highest BCUT2D eigenvalue weighted by molar-refractivity contribution is 6.04. The Bertz CT molecular complexity index is 1120. The maximum absolute atomic E-state index is 14.6.